The van der Waals surface area contributed by atoms with E-state index in [1.165, 1.54) is 0 Å². The molecule has 0 saturated heterocycles. The van der Waals surface area contributed by atoms with E-state index in [2.05, 4.69) is 15.3 Å². The van der Waals surface area contributed by atoms with Crippen LogP contribution in [-0.4, -0.2) is 29.0 Å². The van der Waals surface area contributed by atoms with Crippen LogP contribution in [0.4, 0.5) is 11.6 Å². The van der Waals surface area contributed by atoms with Crippen LogP contribution in [0.15, 0.2) is 36.7 Å². The van der Waals surface area contributed by atoms with Crippen molar-refractivity contribution in [3.05, 3.63) is 47.8 Å². The molecule has 1 N–H and O–H groups in total. The maximum Gasteiger partial charge on any atom is 0.258 e. The first-order valence-corrected chi connectivity index (χ1v) is 7.09. The lowest BCUT2D eigenvalue weighted by atomic mass is 10.2. The van der Waals surface area contributed by atoms with Crippen molar-refractivity contribution in [1.82, 2.24) is 9.97 Å². The molecule has 5 heteroatoms. The molecule has 2 aromatic rings. The van der Waals surface area contributed by atoms with Crippen LogP contribution in [0, 0.1) is 6.92 Å². The zero-order valence-electron chi connectivity index (χ0n) is 12.6. The summed E-state index contributed by atoms with van der Waals surface area (Å²) < 4.78 is 0. The third kappa shape index (κ3) is 3.78. The molecule has 1 heterocycles. The van der Waals surface area contributed by atoms with Gasteiger partial charge in [-0.25, -0.2) is 9.97 Å². The molecule has 21 heavy (non-hydrogen) atoms. The van der Waals surface area contributed by atoms with Crippen LogP contribution in [0.3, 0.4) is 0 Å². The number of aryl methyl sites for hydroxylation is 1. The fraction of sp³-hybridized carbons (Fsp3) is 0.312. The highest BCUT2D eigenvalue weighted by molar-refractivity contribution is 6.03. The molecule has 5 nitrogen and oxygen atoms in total. The lowest BCUT2D eigenvalue weighted by molar-refractivity contribution is 0.102. The maximum absolute atomic E-state index is 12.1. The summed E-state index contributed by atoms with van der Waals surface area (Å²) in [6.45, 7) is 7.78. The number of carbonyl (C=O) groups is 1. The Kier molecular flexibility index (Phi) is 4.87. The Hall–Kier alpha value is -2.43. The van der Waals surface area contributed by atoms with E-state index in [0.29, 0.717) is 11.5 Å². The van der Waals surface area contributed by atoms with Crippen LogP contribution in [0.25, 0.3) is 0 Å². The number of rotatable bonds is 5. The minimum absolute atomic E-state index is 0.204. The van der Waals surface area contributed by atoms with E-state index in [1.54, 1.807) is 12.4 Å². The number of benzene rings is 1. The monoisotopic (exact) mass is 284 g/mol. The van der Waals surface area contributed by atoms with E-state index in [1.807, 2.05) is 49.9 Å². The highest BCUT2D eigenvalue weighted by Gasteiger charge is 2.09. The Morgan fingerprint density at radius 1 is 1.10 bits per heavy atom. The van der Waals surface area contributed by atoms with E-state index < -0.39 is 0 Å². The molecule has 0 aliphatic rings. The average molecular weight is 284 g/mol. The van der Waals surface area contributed by atoms with Gasteiger partial charge in [0.25, 0.3) is 5.91 Å². The van der Waals surface area contributed by atoms with E-state index >= 15 is 0 Å². The lowest BCUT2D eigenvalue weighted by Gasteiger charge is -2.17. The third-order valence-electron chi connectivity index (χ3n) is 3.26. The van der Waals surface area contributed by atoms with Gasteiger partial charge in [0.1, 0.15) is 0 Å². The molecule has 0 unspecified atom stereocenters. The summed E-state index contributed by atoms with van der Waals surface area (Å²) in [6.07, 6.45) is 3.12. The van der Waals surface area contributed by atoms with Crippen molar-refractivity contribution in [3.8, 4) is 0 Å². The Labute approximate surface area is 125 Å². The molecule has 0 aliphatic heterocycles. The molecule has 110 valence electrons. The summed E-state index contributed by atoms with van der Waals surface area (Å²) in [5, 5.41) is 2.83. The Morgan fingerprint density at radius 3 is 2.19 bits per heavy atom. The van der Waals surface area contributed by atoms with Crippen LogP contribution in [0.2, 0.25) is 0 Å². The number of nitrogens with one attached hydrogen (secondary N) is 1. The van der Waals surface area contributed by atoms with Crippen LogP contribution < -0.4 is 10.2 Å². The SMILES string of the molecule is CCN(CC)c1ncc(C(=O)Nc2ccc(C)cc2)cn1. The van der Waals surface area contributed by atoms with Crippen LogP contribution in [-0.2, 0) is 0 Å². The van der Waals surface area contributed by atoms with Gasteiger partial charge >= 0.3 is 0 Å². The summed E-state index contributed by atoms with van der Waals surface area (Å²) in [6, 6.07) is 7.65. The smallest absolute Gasteiger partial charge is 0.258 e. The summed E-state index contributed by atoms with van der Waals surface area (Å²) >= 11 is 0. The van der Waals surface area contributed by atoms with Gasteiger partial charge in [-0.15, -0.1) is 0 Å². The number of hydrogen-bond donors (Lipinski definition) is 1. The average Bonchev–Trinajstić information content (AvgIpc) is 2.51. The predicted octanol–water partition coefficient (Wildman–Crippen LogP) is 2.88. The molecule has 0 aliphatic carbocycles. The van der Waals surface area contributed by atoms with E-state index in [0.717, 1.165) is 24.3 Å². The van der Waals surface area contributed by atoms with Gasteiger partial charge < -0.3 is 10.2 Å². The van der Waals surface area contributed by atoms with Crippen molar-refractivity contribution in [2.75, 3.05) is 23.3 Å². The molecule has 0 saturated carbocycles. The number of aromatic nitrogens is 2. The van der Waals surface area contributed by atoms with E-state index in [9.17, 15) is 4.79 Å². The molecular formula is C16H20N4O. The summed E-state index contributed by atoms with van der Waals surface area (Å²) in [4.78, 5) is 22.6. The van der Waals surface area contributed by atoms with Crippen molar-refractivity contribution in [3.63, 3.8) is 0 Å². The van der Waals surface area contributed by atoms with Gasteiger partial charge in [-0.1, -0.05) is 17.7 Å². The second-order valence-electron chi connectivity index (χ2n) is 4.76. The number of carbonyl (C=O) groups excluding carboxylic acids is 1. The van der Waals surface area contributed by atoms with Crippen LogP contribution in [0.1, 0.15) is 29.8 Å². The standard InChI is InChI=1S/C16H20N4O/c1-4-20(5-2)16-17-10-13(11-18-16)15(21)19-14-8-6-12(3)7-9-14/h6-11H,4-5H2,1-3H3,(H,19,21). The maximum atomic E-state index is 12.1. The second-order valence-corrected chi connectivity index (χ2v) is 4.76. The van der Waals surface area contributed by atoms with Crippen molar-refractivity contribution < 1.29 is 4.79 Å². The Balaban J connectivity index is 2.07. The summed E-state index contributed by atoms with van der Waals surface area (Å²) in [5.41, 5.74) is 2.37. The van der Waals surface area contributed by atoms with Gasteiger partial charge in [-0.05, 0) is 32.9 Å². The van der Waals surface area contributed by atoms with Crippen molar-refractivity contribution in [1.29, 1.82) is 0 Å². The normalized spacial score (nSPS) is 10.2. The first kappa shape index (κ1) is 15.0. The van der Waals surface area contributed by atoms with Gasteiger partial charge in [0.2, 0.25) is 5.95 Å². The van der Waals surface area contributed by atoms with Gasteiger partial charge in [0, 0.05) is 31.2 Å². The number of anilines is 2. The Morgan fingerprint density at radius 2 is 1.67 bits per heavy atom. The zero-order valence-corrected chi connectivity index (χ0v) is 12.6. The van der Waals surface area contributed by atoms with Gasteiger partial charge in [-0.3, -0.25) is 4.79 Å². The molecule has 1 aromatic heterocycles. The van der Waals surface area contributed by atoms with Crippen molar-refractivity contribution in [2.45, 2.75) is 20.8 Å². The quantitative estimate of drug-likeness (QED) is 0.917. The van der Waals surface area contributed by atoms with E-state index in [-0.39, 0.29) is 5.91 Å². The molecular weight excluding hydrogens is 264 g/mol. The molecule has 0 spiro atoms. The molecule has 0 atom stereocenters. The first-order valence-electron chi connectivity index (χ1n) is 7.09. The highest BCUT2D eigenvalue weighted by Crippen LogP contribution is 2.11. The second kappa shape index (κ2) is 6.83. The zero-order chi connectivity index (χ0) is 15.2. The Bertz CT molecular complexity index is 589. The topological polar surface area (TPSA) is 58.1 Å². The molecule has 0 fully saturated rings. The molecule has 1 aromatic carbocycles. The number of hydrogen-bond acceptors (Lipinski definition) is 4. The van der Waals surface area contributed by atoms with Gasteiger partial charge in [0.15, 0.2) is 0 Å². The first-order chi connectivity index (χ1) is 10.1. The fourth-order valence-electron chi connectivity index (χ4n) is 1.95. The van der Waals surface area contributed by atoms with Crippen LogP contribution >= 0.6 is 0 Å². The number of nitrogens with zero attached hydrogens (tertiary/aromatic N) is 3. The van der Waals surface area contributed by atoms with Gasteiger partial charge in [-0.2, -0.15) is 0 Å². The van der Waals surface area contributed by atoms with Crippen LogP contribution in [0.5, 0.6) is 0 Å². The molecule has 1 amide bonds. The summed E-state index contributed by atoms with van der Waals surface area (Å²) in [7, 11) is 0. The van der Waals surface area contributed by atoms with Crippen molar-refractivity contribution in [2.24, 2.45) is 0 Å². The molecule has 2 rings (SSSR count). The molecule has 0 radical (unpaired) electrons. The highest BCUT2D eigenvalue weighted by atomic mass is 16.1. The number of amides is 1. The predicted molar refractivity (Wildman–Crippen MR) is 84.7 cm³/mol. The summed E-state index contributed by atoms with van der Waals surface area (Å²) in [5.74, 6) is 0.442. The minimum atomic E-state index is -0.204. The largest absolute Gasteiger partial charge is 0.341 e. The fourth-order valence-corrected chi connectivity index (χ4v) is 1.95. The lowest BCUT2D eigenvalue weighted by Crippen LogP contribution is -2.24. The minimum Gasteiger partial charge on any atom is -0.341 e. The third-order valence-corrected chi connectivity index (χ3v) is 3.26. The van der Waals surface area contributed by atoms with Gasteiger partial charge in [0.05, 0.1) is 5.56 Å². The van der Waals surface area contributed by atoms with E-state index in [4.69, 9.17) is 0 Å². The van der Waals surface area contributed by atoms with Crippen molar-refractivity contribution >= 4 is 17.5 Å². The molecule has 0 bridgehead atoms.